The topological polar surface area (TPSA) is 105 Å². The molecule has 1 heterocycles. The van der Waals surface area contributed by atoms with Crippen LogP contribution in [0.4, 0.5) is 4.79 Å². The van der Waals surface area contributed by atoms with Gasteiger partial charge in [0.15, 0.2) is 11.8 Å². The maximum Gasteiger partial charge on any atom is 0.408 e. The molecule has 1 fully saturated rings. The van der Waals surface area contributed by atoms with E-state index in [-0.39, 0.29) is 24.0 Å². The number of alkyl carbamates (subject to hydrolysis) is 1. The molecule has 1 aliphatic rings. The summed E-state index contributed by atoms with van der Waals surface area (Å²) in [5, 5.41) is 18.4. The van der Waals surface area contributed by atoms with Gasteiger partial charge in [-0.2, -0.15) is 0 Å². The van der Waals surface area contributed by atoms with Gasteiger partial charge in [0.05, 0.1) is 5.54 Å². The van der Waals surface area contributed by atoms with Gasteiger partial charge in [0.2, 0.25) is 0 Å². The third-order valence-corrected chi connectivity index (χ3v) is 5.97. The van der Waals surface area contributed by atoms with Crippen molar-refractivity contribution in [3.05, 3.63) is 11.6 Å². The summed E-state index contributed by atoms with van der Waals surface area (Å²) in [4.78, 5) is 17.2. The highest BCUT2D eigenvalue weighted by Gasteiger charge is 2.31. The number of carbonyl (C=O) groups is 1. The fourth-order valence-corrected chi connectivity index (χ4v) is 3.65. The molecule has 1 amide bonds. The van der Waals surface area contributed by atoms with E-state index in [1.807, 2.05) is 39.3 Å². The summed E-state index contributed by atoms with van der Waals surface area (Å²) in [6.07, 6.45) is 5.92. The molecule has 0 atom stereocenters. The van der Waals surface area contributed by atoms with Crippen LogP contribution in [-0.4, -0.2) is 50.5 Å². The summed E-state index contributed by atoms with van der Waals surface area (Å²) < 4.78 is 7.44. The van der Waals surface area contributed by atoms with Gasteiger partial charge in [0.1, 0.15) is 18.0 Å². The highest BCUT2D eigenvalue weighted by Crippen LogP contribution is 2.19. The Labute approximate surface area is 210 Å². The van der Waals surface area contributed by atoms with Gasteiger partial charge in [-0.25, -0.2) is 9.79 Å². The number of halogens is 1. The number of guanidine groups is 1. The number of aliphatic imine (C=N–C) groups is 1. The minimum absolute atomic E-state index is 0. The molecule has 1 aromatic heterocycles. The SMILES string of the molecule is CCC(CC)(CNC(=NCc1nnc(C)n1C)NC1CCCC1)NC(=O)OC(C)(C)C.I. The first-order chi connectivity index (χ1) is 14.6. The molecule has 0 unspecified atom stereocenters. The van der Waals surface area contributed by atoms with Crippen LogP contribution in [0.5, 0.6) is 0 Å². The molecule has 10 heteroatoms. The van der Waals surface area contributed by atoms with Gasteiger partial charge in [-0.05, 0) is 53.4 Å². The molecule has 0 bridgehead atoms. The Morgan fingerprint density at radius 3 is 2.31 bits per heavy atom. The Bertz CT molecular complexity index is 748. The molecule has 0 spiro atoms. The Balaban J connectivity index is 0.00000512. The third kappa shape index (κ3) is 8.74. The van der Waals surface area contributed by atoms with Gasteiger partial charge in [0, 0.05) is 19.6 Å². The van der Waals surface area contributed by atoms with Crippen molar-refractivity contribution in [1.82, 2.24) is 30.7 Å². The van der Waals surface area contributed by atoms with Gasteiger partial charge in [-0.1, -0.05) is 26.7 Å². The second kappa shape index (κ2) is 12.6. The number of hydrogen-bond donors (Lipinski definition) is 3. The van der Waals surface area contributed by atoms with Crippen molar-refractivity contribution in [3.63, 3.8) is 0 Å². The summed E-state index contributed by atoms with van der Waals surface area (Å²) in [5.74, 6) is 2.42. The number of aromatic nitrogens is 3. The second-order valence-corrected chi connectivity index (χ2v) is 9.48. The van der Waals surface area contributed by atoms with E-state index in [9.17, 15) is 4.79 Å². The number of nitrogens with zero attached hydrogens (tertiary/aromatic N) is 4. The fraction of sp³-hybridized carbons (Fsp3) is 0.818. The molecule has 9 nitrogen and oxygen atoms in total. The summed E-state index contributed by atoms with van der Waals surface area (Å²) in [7, 11) is 1.95. The first kappa shape index (κ1) is 28.4. The minimum Gasteiger partial charge on any atom is -0.444 e. The third-order valence-electron chi connectivity index (χ3n) is 5.97. The highest BCUT2D eigenvalue weighted by atomic mass is 127. The Hall–Kier alpha value is -1.59. The Morgan fingerprint density at radius 2 is 1.81 bits per heavy atom. The highest BCUT2D eigenvalue weighted by molar-refractivity contribution is 14.0. The van der Waals surface area contributed by atoms with Crippen molar-refractivity contribution in [2.45, 2.75) is 104 Å². The van der Waals surface area contributed by atoms with Crippen LogP contribution in [0, 0.1) is 6.92 Å². The number of carbonyl (C=O) groups excluding carboxylic acids is 1. The van der Waals surface area contributed by atoms with E-state index >= 15 is 0 Å². The summed E-state index contributed by atoms with van der Waals surface area (Å²) in [6, 6.07) is 0.420. The molecule has 184 valence electrons. The maximum atomic E-state index is 12.4. The molecule has 3 N–H and O–H groups in total. The monoisotopic (exact) mass is 563 g/mol. The van der Waals surface area contributed by atoms with Crippen LogP contribution in [0.3, 0.4) is 0 Å². The van der Waals surface area contributed by atoms with E-state index in [0.717, 1.165) is 43.3 Å². The van der Waals surface area contributed by atoms with Gasteiger partial charge < -0.3 is 25.3 Å². The molecule has 2 rings (SSSR count). The van der Waals surface area contributed by atoms with E-state index in [2.05, 4.69) is 40.0 Å². The zero-order valence-corrected chi connectivity index (χ0v) is 23.1. The lowest BCUT2D eigenvalue weighted by Gasteiger charge is -2.34. The summed E-state index contributed by atoms with van der Waals surface area (Å²) in [6.45, 7) is 12.7. The first-order valence-corrected chi connectivity index (χ1v) is 11.5. The van der Waals surface area contributed by atoms with Crippen molar-refractivity contribution in [2.24, 2.45) is 12.0 Å². The van der Waals surface area contributed by atoms with Crippen molar-refractivity contribution >= 4 is 36.0 Å². The summed E-state index contributed by atoms with van der Waals surface area (Å²) >= 11 is 0. The molecule has 32 heavy (non-hydrogen) atoms. The number of aryl methyl sites for hydroxylation is 1. The lowest BCUT2D eigenvalue weighted by Crippen LogP contribution is -2.57. The number of rotatable bonds is 8. The molecule has 0 aliphatic heterocycles. The van der Waals surface area contributed by atoms with E-state index in [4.69, 9.17) is 9.73 Å². The van der Waals surface area contributed by atoms with E-state index in [1.165, 1.54) is 12.8 Å². The molecule has 0 radical (unpaired) electrons. The first-order valence-electron chi connectivity index (χ1n) is 11.5. The zero-order chi connectivity index (χ0) is 23.1. The number of ether oxygens (including phenoxy) is 1. The number of amides is 1. The van der Waals surface area contributed by atoms with Crippen LogP contribution in [0.2, 0.25) is 0 Å². The standard InChI is InChI=1S/C22H41N7O2.HI/c1-8-22(9-2,26-20(30)31-21(4,5)6)15-24-19(25-17-12-10-11-13-17)23-14-18-28-27-16(3)29(18)7;/h17H,8-15H2,1-7H3,(H,26,30)(H2,23,24,25);1H. The average Bonchev–Trinajstić information content (AvgIpc) is 3.32. The smallest absolute Gasteiger partial charge is 0.408 e. The lowest BCUT2D eigenvalue weighted by atomic mass is 9.93. The van der Waals surface area contributed by atoms with Gasteiger partial charge >= 0.3 is 6.09 Å². The number of nitrogens with one attached hydrogen (secondary N) is 3. The molecule has 0 aromatic carbocycles. The van der Waals surface area contributed by atoms with Crippen LogP contribution < -0.4 is 16.0 Å². The molecule has 0 saturated heterocycles. The Morgan fingerprint density at radius 1 is 1.19 bits per heavy atom. The lowest BCUT2D eigenvalue weighted by molar-refractivity contribution is 0.0448. The Kier molecular flexibility index (Phi) is 11.2. The quantitative estimate of drug-likeness (QED) is 0.253. The molecule has 1 aliphatic carbocycles. The van der Waals surface area contributed by atoms with Crippen molar-refractivity contribution < 1.29 is 9.53 Å². The van der Waals surface area contributed by atoms with Crippen molar-refractivity contribution in [3.8, 4) is 0 Å². The van der Waals surface area contributed by atoms with Gasteiger partial charge in [0.25, 0.3) is 0 Å². The normalized spacial score (nSPS) is 15.3. The van der Waals surface area contributed by atoms with E-state index in [0.29, 0.717) is 19.1 Å². The van der Waals surface area contributed by atoms with Crippen LogP contribution in [0.25, 0.3) is 0 Å². The summed E-state index contributed by atoms with van der Waals surface area (Å²) in [5.41, 5.74) is -0.961. The molecular weight excluding hydrogens is 521 g/mol. The predicted molar refractivity (Wildman–Crippen MR) is 138 cm³/mol. The van der Waals surface area contributed by atoms with Crippen LogP contribution in [0.15, 0.2) is 4.99 Å². The maximum absolute atomic E-state index is 12.4. The van der Waals surface area contributed by atoms with E-state index in [1.54, 1.807) is 0 Å². The van der Waals surface area contributed by atoms with Crippen LogP contribution in [0.1, 0.15) is 84.8 Å². The van der Waals surface area contributed by atoms with E-state index < -0.39 is 17.2 Å². The van der Waals surface area contributed by atoms with Gasteiger partial charge in [-0.15, -0.1) is 34.2 Å². The predicted octanol–water partition coefficient (Wildman–Crippen LogP) is 3.80. The van der Waals surface area contributed by atoms with Crippen LogP contribution in [-0.2, 0) is 18.3 Å². The minimum atomic E-state index is -0.532. The van der Waals surface area contributed by atoms with Crippen molar-refractivity contribution in [2.75, 3.05) is 6.54 Å². The fourth-order valence-electron chi connectivity index (χ4n) is 3.65. The van der Waals surface area contributed by atoms with Crippen LogP contribution >= 0.6 is 24.0 Å². The second-order valence-electron chi connectivity index (χ2n) is 9.48. The largest absolute Gasteiger partial charge is 0.444 e. The average molecular weight is 564 g/mol. The zero-order valence-electron chi connectivity index (χ0n) is 20.7. The molecular formula is C22H42IN7O2. The molecule has 1 aromatic rings. The van der Waals surface area contributed by atoms with Crippen molar-refractivity contribution in [1.29, 1.82) is 0 Å². The van der Waals surface area contributed by atoms with Gasteiger partial charge in [-0.3, -0.25) is 0 Å². The molecule has 1 saturated carbocycles. The number of hydrogen-bond acceptors (Lipinski definition) is 5.